The van der Waals surface area contributed by atoms with E-state index in [9.17, 15) is 40.9 Å². The highest BCUT2D eigenvalue weighted by molar-refractivity contribution is 7.03. The number of hydrogen-bond donors (Lipinski definition) is 8. The van der Waals surface area contributed by atoms with E-state index >= 15 is 0 Å². The van der Waals surface area contributed by atoms with Crippen LogP contribution in [0.1, 0.15) is 51.4 Å². The van der Waals surface area contributed by atoms with Crippen LogP contribution in [0.5, 0.6) is 0 Å². The van der Waals surface area contributed by atoms with Gasteiger partial charge in [-0.25, -0.2) is 0 Å². The van der Waals surface area contributed by atoms with E-state index in [2.05, 4.69) is 0 Å². The number of aliphatic hydroxyl groups is 8. The van der Waals surface area contributed by atoms with E-state index in [0.717, 1.165) is 0 Å². The standard InChI is InChI=1S/C24H56O20Si8/c25-9-1-17-45-33-46(18-2-10-26)36-49(21-5-13-29)38-47(34-45,19-3-11-27)40-51(23-7-15-31)41-48(35-45,20-4-12-28)39-50(37-46,22-6-14-30)43-52(42-49,44-51)24-8-16-32/h25-32H,1-24H2. The van der Waals surface area contributed by atoms with Crippen LogP contribution in [0, 0.1) is 0 Å². The summed E-state index contributed by atoms with van der Waals surface area (Å²) in [5.74, 6) is 0. The van der Waals surface area contributed by atoms with Crippen molar-refractivity contribution < 1.29 is 90.2 Å². The summed E-state index contributed by atoms with van der Waals surface area (Å²) in [5, 5.41) is 81.1. The third kappa shape index (κ3) is 9.96. The Hall–Kier alpha value is 0.935. The molecule has 8 bridgehead atoms. The average Bonchev–Trinajstić information content (AvgIpc) is 3.08. The van der Waals surface area contributed by atoms with Crippen molar-refractivity contribution in [3.63, 3.8) is 0 Å². The molecule has 0 spiro atoms. The van der Waals surface area contributed by atoms with Gasteiger partial charge in [-0.05, 0) is 51.4 Å². The summed E-state index contributed by atoms with van der Waals surface area (Å²) in [6, 6.07) is 0.0368. The predicted molar refractivity (Wildman–Crippen MR) is 191 cm³/mol. The van der Waals surface area contributed by atoms with Crippen molar-refractivity contribution in [3.05, 3.63) is 0 Å². The quantitative estimate of drug-likeness (QED) is 0.0530. The van der Waals surface area contributed by atoms with Crippen LogP contribution in [0.15, 0.2) is 0 Å². The molecule has 0 atom stereocenters. The maximum absolute atomic E-state index is 10.1. The molecule has 6 fully saturated rings. The Morgan fingerprint density at radius 2 is 0.288 bits per heavy atom. The number of hydrogen-bond acceptors (Lipinski definition) is 20. The smallest absolute Gasteiger partial charge is 0.396 e. The van der Waals surface area contributed by atoms with Crippen LogP contribution >= 0.6 is 0 Å². The second kappa shape index (κ2) is 18.7. The molecule has 304 valence electrons. The monoisotopic (exact) mass is 888 g/mol. The van der Waals surface area contributed by atoms with Crippen LogP contribution in [-0.2, 0) is 49.4 Å². The van der Waals surface area contributed by atoms with Crippen molar-refractivity contribution in [1.29, 1.82) is 0 Å². The van der Waals surface area contributed by atoms with Crippen LogP contribution in [0.25, 0.3) is 0 Å². The van der Waals surface area contributed by atoms with Gasteiger partial charge in [0, 0.05) is 101 Å². The van der Waals surface area contributed by atoms with Crippen LogP contribution < -0.4 is 0 Å². The second-order valence-corrected chi connectivity index (χ2v) is 38.0. The van der Waals surface area contributed by atoms with E-state index in [1.165, 1.54) is 0 Å². The first-order chi connectivity index (χ1) is 25.0. The molecule has 52 heavy (non-hydrogen) atoms. The molecule has 0 aromatic heterocycles. The van der Waals surface area contributed by atoms with Gasteiger partial charge in [0.1, 0.15) is 0 Å². The van der Waals surface area contributed by atoms with Crippen molar-refractivity contribution in [2.24, 2.45) is 0 Å². The van der Waals surface area contributed by atoms with E-state index in [1.807, 2.05) is 0 Å². The highest BCUT2D eigenvalue weighted by Crippen LogP contribution is 2.54. The minimum atomic E-state index is -4.31. The molecule has 6 aliphatic rings. The Balaban J connectivity index is 1.88. The molecule has 28 heteroatoms. The van der Waals surface area contributed by atoms with Crippen LogP contribution in [-0.4, -0.2) is 164 Å². The van der Waals surface area contributed by atoms with Crippen LogP contribution in [0.2, 0.25) is 48.4 Å². The highest BCUT2D eigenvalue weighted by Gasteiger charge is 2.82. The molecular weight excluding hydrogens is 833 g/mol. The first-order valence-electron chi connectivity index (χ1n) is 18.3. The Kier molecular flexibility index (Phi) is 15.8. The minimum Gasteiger partial charge on any atom is -0.396 e. The lowest BCUT2D eigenvalue weighted by molar-refractivity contribution is -0.0330. The Morgan fingerprint density at radius 3 is 0.365 bits per heavy atom. The second-order valence-electron chi connectivity index (χ2n) is 13.3. The van der Waals surface area contributed by atoms with Gasteiger partial charge in [0.2, 0.25) is 0 Å². The molecule has 0 aliphatic carbocycles. The van der Waals surface area contributed by atoms with Crippen LogP contribution in [0.4, 0.5) is 0 Å². The fraction of sp³-hybridized carbons (Fsp3) is 1.00. The maximum atomic E-state index is 10.1. The van der Waals surface area contributed by atoms with Gasteiger partial charge in [0.25, 0.3) is 0 Å². The minimum absolute atomic E-state index is 0.00459. The Labute approximate surface area is 312 Å². The molecule has 20 nitrogen and oxygen atoms in total. The summed E-state index contributed by atoms with van der Waals surface area (Å²) in [5.41, 5.74) is 0. The van der Waals surface area contributed by atoms with Gasteiger partial charge in [-0.2, -0.15) is 0 Å². The third-order valence-corrected chi connectivity index (χ3v) is 46.4. The molecule has 6 heterocycles. The number of aliphatic hydroxyl groups excluding tert-OH is 8. The summed E-state index contributed by atoms with van der Waals surface area (Å²) in [7, 11) is -34.5. The molecule has 8 N–H and O–H groups in total. The first kappa shape index (κ1) is 44.0. The Morgan fingerprint density at radius 1 is 0.192 bits per heavy atom. The third-order valence-electron chi connectivity index (χ3n) is 8.86. The zero-order chi connectivity index (χ0) is 37.5. The molecule has 6 rings (SSSR count). The van der Waals surface area contributed by atoms with Crippen molar-refractivity contribution in [2.75, 3.05) is 52.9 Å². The van der Waals surface area contributed by atoms with Crippen molar-refractivity contribution >= 4 is 70.4 Å². The normalized spacial score (nSPS) is 41.1. The van der Waals surface area contributed by atoms with E-state index in [1.54, 1.807) is 0 Å². The molecule has 0 unspecified atom stereocenters. The van der Waals surface area contributed by atoms with Gasteiger partial charge in [-0.3, -0.25) is 0 Å². The lowest BCUT2D eigenvalue weighted by atomic mass is 10.5. The average molecular weight is 889 g/mol. The van der Waals surface area contributed by atoms with Gasteiger partial charge in [0.15, 0.2) is 0 Å². The fourth-order valence-corrected chi connectivity index (χ4v) is 57.2. The molecule has 0 saturated carbocycles. The van der Waals surface area contributed by atoms with Gasteiger partial charge in [-0.1, -0.05) is 0 Å². The molecule has 0 aromatic carbocycles. The zero-order valence-electron chi connectivity index (χ0n) is 29.4. The summed E-state index contributed by atoms with van der Waals surface area (Å²) in [6.07, 6.45) is 1.11. The summed E-state index contributed by atoms with van der Waals surface area (Å²) in [6.45, 7) is -2.18. The fourth-order valence-electron chi connectivity index (χ4n) is 6.93. The first-order valence-corrected chi connectivity index (χ1v) is 33.7. The van der Waals surface area contributed by atoms with Crippen molar-refractivity contribution in [2.45, 2.75) is 99.7 Å². The van der Waals surface area contributed by atoms with Crippen molar-refractivity contribution in [1.82, 2.24) is 0 Å². The molecule has 6 aliphatic heterocycles. The molecule has 0 radical (unpaired) electrons. The van der Waals surface area contributed by atoms with E-state index in [-0.39, 0.29) is 153 Å². The maximum Gasteiger partial charge on any atom is 0.478 e. The molecule has 0 amide bonds. The van der Waals surface area contributed by atoms with E-state index < -0.39 is 70.4 Å². The van der Waals surface area contributed by atoms with Gasteiger partial charge < -0.3 is 90.2 Å². The largest absolute Gasteiger partial charge is 0.478 e. The lowest BCUT2D eigenvalue weighted by Crippen LogP contribution is -2.88. The van der Waals surface area contributed by atoms with Gasteiger partial charge in [0.05, 0.1) is 0 Å². The van der Waals surface area contributed by atoms with E-state index in [0.29, 0.717) is 0 Å². The summed E-state index contributed by atoms with van der Waals surface area (Å²) >= 11 is 0. The van der Waals surface area contributed by atoms with E-state index in [4.69, 9.17) is 49.4 Å². The number of rotatable bonds is 24. The Bertz CT molecular complexity index is 815. The topological polar surface area (TPSA) is 273 Å². The van der Waals surface area contributed by atoms with Crippen LogP contribution in [0.3, 0.4) is 0 Å². The molecule has 0 aromatic rings. The molecular formula is C24H56O20Si8. The zero-order valence-corrected chi connectivity index (χ0v) is 37.4. The van der Waals surface area contributed by atoms with Crippen molar-refractivity contribution in [3.8, 4) is 0 Å². The molecule has 6 saturated heterocycles. The SMILES string of the molecule is OCCC[Si]12O[Si]3(CCCO)O[Si]4(CCCO)O[Si](CCCO)(O1)O[Si]1(CCCO)O[Si](CCCO)(O2)O[Si](CCCO)(O3)O[Si](CCCO)(O4)O1. The summed E-state index contributed by atoms with van der Waals surface area (Å²) < 4.78 is 86.0. The summed E-state index contributed by atoms with van der Waals surface area (Å²) in [4.78, 5) is 0. The predicted octanol–water partition coefficient (Wildman–Crippen LogP) is -1.18. The lowest BCUT2D eigenvalue weighted by Gasteiger charge is -2.63. The highest BCUT2D eigenvalue weighted by atomic mass is 28.6. The van der Waals surface area contributed by atoms with Gasteiger partial charge in [-0.15, -0.1) is 0 Å². The van der Waals surface area contributed by atoms with Gasteiger partial charge >= 0.3 is 70.4 Å².